The Labute approximate surface area is 191 Å². The van der Waals surface area contributed by atoms with Crippen LogP contribution in [0.1, 0.15) is 10.4 Å². The summed E-state index contributed by atoms with van der Waals surface area (Å²) in [6.45, 7) is 2.45. The lowest BCUT2D eigenvalue weighted by Crippen LogP contribution is -2.40. The second kappa shape index (κ2) is 9.48. The zero-order valence-electron chi connectivity index (χ0n) is 18.5. The standard InChI is InChI=1S/C22H26N4O6S/c1-24(2)9-10-26-19-15-17(5-8-20(19)32-22(26)28)23-21(27)16-3-6-18(7-4-16)33(29,30)25-11-13-31-14-12-25/h3-8,15H,9-14H2,1-2H3,(H,23,27). The summed E-state index contributed by atoms with van der Waals surface area (Å²) in [7, 11) is 0.200. The molecule has 1 amide bonds. The number of carbonyl (C=O) groups excluding carboxylic acids is 1. The molecule has 1 aromatic heterocycles. The molecule has 11 heteroatoms. The zero-order chi connectivity index (χ0) is 23.6. The summed E-state index contributed by atoms with van der Waals surface area (Å²) in [5, 5.41) is 2.79. The number of carbonyl (C=O) groups is 1. The first-order chi connectivity index (χ1) is 15.8. The molecule has 0 spiro atoms. The highest BCUT2D eigenvalue weighted by Crippen LogP contribution is 2.21. The Bertz CT molecular complexity index is 1300. The van der Waals surface area contributed by atoms with Crippen molar-refractivity contribution < 1.29 is 22.4 Å². The lowest BCUT2D eigenvalue weighted by Gasteiger charge is -2.26. The van der Waals surface area contributed by atoms with E-state index in [0.717, 1.165) is 0 Å². The van der Waals surface area contributed by atoms with E-state index in [1.165, 1.54) is 33.1 Å². The van der Waals surface area contributed by atoms with Crippen LogP contribution in [0.25, 0.3) is 11.1 Å². The monoisotopic (exact) mass is 474 g/mol. The fourth-order valence-corrected chi connectivity index (χ4v) is 4.98. The van der Waals surface area contributed by atoms with Gasteiger partial charge in [-0.25, -0.2) is 13.2 Å². The van der Waals surface area contributed by atoms with Gasteiger partial charge in [-0.05, 0) is 56.6 Å². The van der Waals surface area contributed by atoms with E-state index < -0.39 is 21.7 Å². The van der Waals surface area contributed by atoms with Crippen LogP contribution in [0.15, 0.2) is 56.6 Å². The highest BCUT2D eigenvalue weighted by molar-refractivity contribution is 7.89. The van der Waals surface area contributed by atoms with Gasteiger partial charge in [-0.15, -0.1) is 0 Å². The topological polar surface area (TPSA) is 114 Å². The number of nitrogens with one attached hydrogen (secondary N) is 1. The van der Waals surface area contributed by atoms with Crippen molar-refractivity contribution in [2.45, 2.75) is 11.4 Å². The molecule has 1 aliphatic heterocycles. The zero-order valence-corrected chi connectivity index (χ0v) is 19.3. The van der Waals surface area contributed by atoms with E-state index in [1.807, 2.05) is 19.0 Å². The highest BCUT2D eigenvalue weighted by Gasteiger charge is 2.26. The summed E-state index contributed by atoms with van der Waals surface area (Å²) >= 11 is 0. The molecule has 4 rings (SSSR count). The molecule has 1 N–H and O–H groups in total. The van der Waals surface area contributed by atoms with E-state index in [2.05, 4.69) is 5.32 Å². The fourth-order valence-electron chi connectivity index (χ4n) is 3.57. The quantitative estimate of drug-likeness (QED) is 0.551. The third kappa shape index (κ3) is 5.01. The predicted molar refractivity (Wildman–Crippen MR) is 123 cm³/mol. The molecule has 3 aromatic rings. The van der Waals surface area contributed by atoms with Crippen LogP contribution in [-0.4, -0.2) is 75.0 Å². The summed E-state index contributed by atoms with van der Waals surface area (Å²) in [4.78, 5) is 27.0. The Hall–Kier alpha value is -2.99. The number of nitrogens with zero attached hydrogens (tertiary/aromatic N) is 3. The second-order valence-corrected chi connectivity index (χ2v) is 9.94. The number of likely N-dealkylation sites (N-methyl/N-ethyl adjacent to an activating group) is 1. The Balaban J connectivity index is 1.51. The minimum absolute atomic E-state index is 0.130. The molecule has 1 saturated heterocycles. The van der Waals surface area contributed by atoms with Gasteiger partial charge in [-0.1, -0.05) is 0 Å². The van der Waals surface area contributed by atoms with Crippen LogP contribution in [-0.2, 0) is 21.3 Å². The molecule has 0 unspecified atom stereocenters. The van der Waals surface area contributed by atoms with Gasteiger partial charge in [-0.3, -0.25) is 9.36 Å². The number of sulfonamides is 1. The number of anilines is 1. The van der Waals surface area contributed by atoms with Crippen LogP contribution in [0, 0.1) is 0 Å². The number of oxazole rings is 1. The molecular weight excluding hydrogens is 448 g/mol. The number of ether oxygens (including phenoxy) is 1. The van der Waals surface area contributed by atoms with Crippen molar-refractivity contribution in [3.05, 3.63) is 58.6 Å². The summed E-state index contributed by atoms with van der Waals surface area (Å²) < 4.78 is 38.9. The molecule has 1 aliphatic rings. The van der Waals surface area contributed by atoms with Crippen LogP contribution in [0.5, 0.6) is 0 Å². The SMILES string of the molecule is CN(C)CCn1c(=O)oc2ccc(NC(=O)c3ccc(S(=O)(=O)N4CCOCC4)cc3)cc21. The van der Waals surface area contributed by atoms with Gasteiger partial charge in [0.2, 0.25) is 10.0 Å². The molecular formula is C22H26N4O6S. The first-order valence-corrected chi connectivity index (χ1v) is 12.0. The number of fused-ring (bicyclic) bond motifs is 1. The maximum Gasteiger partial charge on any atom is 0.419 e. The number of rotatable bonds is 7. The van der Waals surface area contributed by atoms with Crippen molar-refractivity contribution in [3.63, 3.8) is 0 Å². The molecule has 33 heavy (non-hydrogen) atoms. The fraction of sp³-hybridized carbons (Fsp3) is 0.364. The van der Waals surface area contributed by atoms with Gasteiger partial charge >= 0.3 is 5.76 Å². The molecule has 1 fully saturated rings. The number of aromatic nitrogens is 1. The van der Waals surface area contributed by atoms with Crippen molar-refractivity contribution >= 4 is 32.7 Å². The van der Waals surface area contributed by atoms with Gasteiger partial charge in [0.05, 0.1) is 23.6 Å². The third-order valence-electron chi connectivity index (χ3n) is 5.42. The Morgan fingerprint density at radius 2 is 1.79 bits per heavy atom. The summed E-state index contributed by atoms with van der Waals surface area (Å²) in [5.74, 6) is -0.845. The molecule has 0 atom stereocenters. The molecule has 10 nitrogen and oxygen atoms in total. The van der Waals surface area contributed by atoms with Gasteiger partial charge < -0.3 is 19.4 Å². The van der Waals surface area contributed by atoms with Crippen molar-refractivity contribution in [1.82, 2.24) is 13.8 Å². The van der Waals surface area contributed by atoms with Crippen molar-refractivity contribution in [1.29, 1.82) is 0 Å². The normalized spacial score (nSPS) is 15.2. The molecule has 2 heterocycles. The lowest BCUT2D eigenvalue weighted by atomic mass is 10.2. The van der Waals surface area contributed by atoms with Crippen LogP contribution in [0.2, 0.25) is 0 Å². The van der Waals surface area contributed by atoms with Gasteiger partial charge in [0, 0.05) is 37.4 Å². The van der Waals surface area contributed by atoms with E-state index in [4.69, 9.17) is 9.15 Å². The van der Waals surface area contributed by atoms with Crippen molar-refractivity contribution in [2.24, 2.45) is 0 Å². The third-order valence-corrected chi connectivity index (χ3v) is 7.33. The Morgan fingerprint density at radius 3 is 2.45 bits per heavy atom. The first kappa shape index (κ1) is 23.2. The van der Waals surface area contributed by atoms with E-state index in [-0.39, 0.29) is 4.90 Å². The van der Waals surface area contributed by atoms with Crippen LogP contribution in [0.4, 0.5) is 5.69 Å². The van der Waals surface area contributed by atoms with Crippen LogP contribution >= 0.6 is 0 Å². The van der Waals surface area contributed by atoms with Gasteiger partial charge in [0.25, 0.3) is 5.91 Å². The second-order valence-electron chi connectivity index (χ2n) is 8.00. The van der Waals surface area contributed by atoms with Gasteiger partial charge in [0.15, 0.2) is 5.58 Å². The minimum atomic E-state index is -3.63. The predicted octanol–water partition coefficient (Wildman–Crippen LogP) is 1.43. The number of hydrogen-bond donors (Lipinski definition) is 1. The van der Waals surface area contributed by atoms with Crippen molar-refractivity contribution in [3.8, 4) is 0 Å². The lowest BCUT2D eigenvalue weighted by molar-refractivity contribution is 0.0730. The van der Waals surface area contributed by atoms with E-state index >= 15 is 0 Å². The van der Waals surface area contributed by atoms with E-state index in [0.29, 0.717) is 61.7 Å². The number of hydrogen-bond acceptors (Lipinski definition) is 7. The van der Waals surface area contributed by atoms with Crippen molar-refractivity contribution in [2.75, 3.05) is 52.3 Å². The molecule has 2 aromatic carbocycles. The molecule has 0 aliphatic carbocycles. The molecule has 0 bridgehead atoms. The Morgan fingerprint density at radius 1 is 1.09 bits per heavy atom. The molecule has 176 valence electrons. The number of morpholine rings is 1. The first-order valence-electron chi connectivity index (χ1n) is 10.5. The van der Waals surface area contributed by atoms with Crippen LogP contribution in [0.3, 0.4) is 0 Å². The summed E-state index contributed by atoms with van der Waals surface area (Å²) in [5.41, 5.74) is 1.84. The van der Waals surface area contributed by atoms with Gasteiger partial charge in [0.1, 0.15) is 0 Å². The smallest absolute Gasteiger partial charge is 0.408 e. The average Bonchev–Trinajstić information content (AvgIpc) is 3.12. The maximum absolute atomic E-state index is 12.7. The van der Waals surface area contributed by atoms with Crippen LogP contribution < -0.4 is 11.1 Å². The number of amides is 1. The largest absolute Gasteiger partial charge is 0.419 e. The van der Waals surface area contributed by atoms with E-state index in [1.54, 1.807) is 18.2 Å². The summed E-state index contributed by atoms with van der Waals surface area (Å²) in [6.07, 6.45) is 0. The Kier molecular flexibility index (Phi) is 6.66. The molecule has 0 saturated carbocycles. The average molecular weight is 475 g/mol. The van der Waals surface area contributed by atoms with Gasteiger partial charge in [-0.2, -0.15) is 4.31 Å². The molecule has 0 radical (unpaired) electrons. The maximum atomic E-state index is 12.7. The number of benzene rings is 2. The van der Waals surface area contributed by atoms with E-state index in [9.17, 15) is 18.0 Å². The summed E-state index contributed by atoms with van der Waals surface area (Å²) in [6, 6.07) is 10.8. The highest BCUT2D eigenvalue weighted by atomic mass is 32.2. The minimum Gasteiger partial charge on any atom is -0.408 e.